The second kappa shape index (κ2) is 8.29. The van der Waals surface area contributed by atoms with Crippen molar-refractivity contribution in [2.75, 3.05) is 10.6 Å². The molecule has 3 N–H and O–H groups in total. The number of carbonyl (C=O) groups is 1. The van der Waals surface area contributed by atoms with E-state index < -0.39 is 5.91 Å². The lowest BCUT2D eigenvalue weighted by Gasteiger charge is -2.12. The van der Waals surface area contributed by atoms with E-state index in [0.717, 1.165) is 11.3 Å². The summed E-state index contributed by atoms with van der Waals surface area (Å²) in [7, 11) is 0. The van der Waals surface area contributed by atoms with Crippen LogP contribution in [0, 0.1) is 5.82 Å². The van der Waals surface area contributed by atoms with Gasteiger partial charge in [-0.2, -0.15) is 0 Å². The van der Waals surface area contributed by atoms with Gasteiger partial charge in [0.1, 0.15) is 11.6 Å². The number of anilines is 2. The van der Waals surface area contributed by atoms with Gasteiger partial charge in [-0.3, -0.25) is 4.79 Å². The molecule has 1 amide bonds. The van der Waals surface area contributed by atoms with Crippen LogP contribution in [0.2, 0.25) is 10.0 Å². The van der Waals surface area contributed by atoms with E-state index in [2.05, 4.69) is 10.6 Å². The summed E-state index contributed by atoms with van der Waals surface area (Å²) in [5, 5.41) is 16.3. The van der Waals surface area contributed by atoms with Crippen LogP contribution < -0.4 is 10.6 Å². The Bertz CT molecular complexity index is 978. The van der Waals surface area contributed by atoms with Crippen LogP contribution in [-0.4, -0.2) is 11.0 Å². The second-order valence-electron chi connectivity index (χ2n) is 5.79. The largest absolute Gasteiger partial charge is 0.507 e. The monoisotopic (exact) mass is 404 g/mol. The van der Waals surface area contributed by atoms with Crippen LogP contribution in [0.15, 0.2) is 60.7 Å². The molecule has 27 heavy (non-hydrogen) atoms. The highest BCUT2D eigenvalue weighted by molar-refractivity contribution is 6.34. The Morgan fingerprint density at radius 1 is 1.00 bits per heavy atom. The molecule has 3 aromatic carbocycles. The highest BCUT2D eigenvalue weighted by atomic mass is 35.5. The van der Waals surface area contributed by atoms with Crippen LogP contribution in [0.5, 0.6) is 5.75 Å². The number of phenols is 1. The van der Waals surface area contributed by atoms with Gasteiger partial charge in [0.15, 0.2) is 0 Å². The van der Waals surface area contributed by atoms with Gasteiger partial charge >= 0.3 is 0 Å². The van der Waals surface area contributed by atoms with Gasteiger partial charge in [-0.25, -0.2) is 4.39 Å². The first-order valence-corrected chi connectivity index (χ1v) is 8.76. The molecule has 3 aromatic rings. The number of hydrogen-bond donors (Lipinski definition) is 3. The van der Waals surface area contributed by atoms with Crippen LogP contribution in [0.4, 0.5) is 15.8 Å². The van der Waals surface area contributed by atoms with E-state index in [-0.39, 0.29) is 17.1 Å². The Kier molecular flexibility index (Phi) is 5.84. The highest BCUT2D eigenvalue weighted by Gasteiger charge is 2.13. The number of rotatable bonds is 5. The van der Waals surface area contributed by atoms with E-state index in [9.17, 15) is 14.3 Å². The van der Waals surface area contributed by atoms with Crippen molar-refractivity contribution in [1.82, 2.24) is 0 Å². The second-order valence-corrected chi connectivity index (χ2v) is 6.63. The molecular weight excluding hydrogens is 390 g/mol. The van der Waals surface area contributed by atoms with Gasteiger partial charge in [-0.15, -0.1) is 0 Å². The molecule has 0 atom stereocenters. The van der Waals surface area contributed by atoms with E-state index in [0.29, 0.717) is 22.3 Å². The molecule has 7 heteroatoms. The first kappa shape index (κ1) is 19.0. The van der Waals surface area contributed by atoms with Crippen LogP contribution in [0.1, 0.15) is 15.9 Å². The van der Waals surface area contributed by atoms with Crippen LogP contribution in [0.25, 0.3) is 0 Å². The molecule has 3 rings (SSSR count). The quantitative estimate of drug-likeness (QED) is 0.510. The van der Waals surface area contributed by atoms with Crippen molar-refractivity contribution in [2.24, 2.45) is 0 Å². The molecule has 0 saturated heterocycles. The van der Waals surface area contributed by atoms with Crippen molar-refractivity contribution in [3.63, 3.8) is 0 Å². The summed E-state index contributed by atoms with van der Waals surface area (Å²) in [5.41, 5.74) is 2.11. The van der Waals surface area contributed by atoms with Gasteiger partial charge in [0.2, 0.25) is 0 Å². The number of phenolic OH excluding ortho intramolecular Hbond substituents is 1. The molecule has 0 radical (unpaired) electrons. The zero-order valence-corrected chi connectivity index (χ0v) is 15.5. The average molecular weight is 405 g/mol. The Labute approximate surface area is 165 Å². The maximum absolute atomic E-state index is 12.9. The zero-order valence-electron chi connectivity index (χ0n) is 14.0. The van der Waals surface area contributed by atoms with E-state index >= 15 is 0 Å². The smallest absolute Gasteiger partial charge is 0.259 e. The fraction of sp³-hybridized carbons (Fsp3) is 0.0500. The van der Waals surface area contributed by atoms with Gasteiger partial charge in [-0.05, 0) is 54.1 Å². The fourth-order valence-electron chi connectivity index (χ4n) is 2.41. The van der Waals surface area contributed by atoms with Crippen molar-refractivity contribution in [2.45, 2.75) is 6.54 Å². The number of benzene rings is 3. The maximum Gasteiger partial charge on any atom is 0.259 e. The predicted octanol–water partition coefficient (Wildman–Crippen LogP) is 5.70. The number of amides is 1. The lowest BCUT2D eigenvalue weighted by atomic mass is 10.1. The molecule has 0 aromatic heterocycles. The van der Waals surface area contributed by atoms with Gasteiger partial charge in [-0.1, -0.05) is 35.3 Å². The van der Waals surface area contributed by atoms with E-state index in [4.69, 9.17) is 23.2 Å². The van der Waals surface area contributed by atoms with Crippen molar-refractivity contribution >= 4 is 40.5 Å². The van der Waals surface area contributed by atoms with E-state index in [1.165, 1.54) is 30.3 Å². The number of carbonyl (C=O) groups excluding carboxylic acids is 1. The van der Waals surface area contributed by atoms with Crippen molar-refractivity contribution in [3.05, 3.63) is 87.7 Å². The summed E-state index contributed by atoms with van der Waals surface area (Å²) in [6.45, 7) is 0.499. The van der Waals surface area contributed by atoms with Crippen molar-refractivity contribution in [1.29, 1.82) is 0 Å². The summed E-state index contributed by atoms with van der Waals surface area (Å²) in [4.78, 5) is 12.3. The minimum atomic E-state index is -0.524. The summed E-state index contributed by atoms with van der Waals surface area (Å²) in [6.07, 6.45) is 0. The van der Waals surface area contributed by atoms with Crippen LogP contribution in [-0.2, 0) is 6.54 Å². The van der Waals surface area contributed by atoms with Gasteiger partial charge in [0.25, 0.3) is 5.91 Å². The van der Waals surface area contributed by atoms with Gasteiger partial charge in [0, 0.05) is 17.3 Å². The molecule has 0 fully saturated rings. The van der Waals surface area contributed by atoms with Gasteiger partial charge in [0.05, 0.1) is 16.3 Å². The summed E-state index contributed by atoms with van der Waals surface area (Å²) >= 11 is 12.1. The topological polar surface area (TPSA) is 61.4 Å². The molecule has 0 aliphatic heterocycles. The lowest BCUT2D eigenvalue weighted by molar-refractivity contribution is 0.102. The molecule has 138 valence electrons. The number of hydrogen-bond acceptors (Lipinski definition) is 3. The molecule has 0 aliphatic carbocycles. The molecule has 0 bridgehead atoms. The highest BCUT2D eigenvalue weighted by Crippen LogP contribution is 2.28. The number of halogens is 3. The number of aromatic hydroxyl groups is 1. The minimum absolute atomic E-state index is 0.0529. The van der Waals surface area contributed by atoms with E-state index in [1.54, 1.807) is 30.3 Å². The number of nitrogens with one attached hydrogen (secondary N) is 2. The third kappa shape index (κ3) is 4.90. The average Bonchev–Trinajstić information content (AvgIpc) is 2.65. The lowest BCUT2D eigenvalue weighted by Crippen LogP contribution is -2.12. The Morgan fingerprint density at radius 2 is 1.74 bits per heavy atom. The summed E-state index contributed by atoms with van der Waals surface area (Å²) < 4.78 is 12.9. The third-order valence-electron chi connectivity index (χ3n) is 3.83. The molecule has 0 spiro atoms. The first-order valence-electron chi connectivity index (χ1n) is 8.00. The predicted molar refractivity (Wildman–Crippen MR) is 106 cm³/mol. The molecule has 4 nitrogen and oxygen atoms in total. The van der Waals surface area contributed by atoms with Gasteiger partial charge < -0.3 is 15.7 Å². The molecule has 0 unspecified atom stereocenters. The molecule has 0 saturated carbocycles. The summed E-state index contributed by atoms with van der Waals surface area (Å²) in [5.74, 6) is -0.984. The van der Waals surface area contributed by atoms with Crippen LogP contribution >= 0.6 is 23.2 Å². The first-order chi connectivity index (χ1) is 12.9. The van der Waals surface area contributed by atoms with Crippen molar-refractivity contribution in [3.8, 4) is 5.75 Å². The molecular formula is C20H15Cl2FN2O2. The molecule has 0 heterocycles. The zero-order chi connectivity index (χ0) is 19.4. The van der Waals surface area contributed by atoms with Crippen LogP contribution in [0.3, 0.4) is 0 Å². The Balaban J connectivity index is 1.68. The fourth-order valence-corrected chi connectivity index (χ4v) is 2.81. The standard InChI is InChI=1S/C20H15Cl2FN2O2/c21-13-3-8-19(26)16(9-13)20(27)25-18-7-6-15(10-17(18)22)24-11-12-1-4-14(23)5-2-12/h1-10,24,26H,11H2,(H,25,27). The Morgan fingerprint density at radius 3 is 2.44 bits per heavy atom. The molecule has 0 aliphatic rings. The SMILES string of the molecule is O=C(Nc1ccc(NCc2ccc(F)cc2)cc1Cl)c1cc(Cl)ccc1O. The van der Waals surface area contributed by atoms with Crippen molar-refractivity contribution < 1.29 is 14.3 Å². The normalized spacial score (nSPS) is 10.5. The Hall–Kier alpha value is -2.76. The minimum Gasteiger partial charge on any atom is -0.507 e. The van der Waals surface area contributed by atoms with E-state index in [1.807, 2.05) is 0 Å². The third-order valence-corrected chi connectivity index (χ3v) is 4.38. The summed E-state index contributed by atoms with van der Waals surface area (Å²) in [6, 6.07) is 15.5. The maximum atomic E-state index is 12.9.